The molecule has 0 radical (unpaired) electrons. The Hall–Kier alpha value is -1.88. The van der Waals surface area contributed by atoms with Crippen molar-refractivity contribution in [2.45, 2.75) is 6.42 Å². The van der Waals surface area contributed by atoms with Gasteiger partial charge >= 0.3 is 0 Å². The molecule has 6 nitrogen and oxygen atoms in total. The minimum absolute atomic E-state index is 0.147. The van der Waals surface area contributed by atoms with Crippen LogP contribution in [-0.4, -0.2) is 21.5 Å². The smallest absolute Gasteiger partial charge is 0.259 e. The number of halogens is 4. The first-order valence-electron chi connectivity index (χ1n) is 8.74. The van der Waals surface area contributed by atoms with E-state index >= 15 is 0 Å². The number of pyridine rings is 2. The molecule has 0 fully saturated rings. The van der Waals surface area contributed by atoms with Crippen LogP contribution < -0.4 is 11.1 Å². The number of carbonyl (C=O) groups is 2. The molecule has 0 spiro atoms. The molecule has 2 heterocycles. The zero-order valence-electron chi connectivity index (χ0n) is 15.3. The van der Waals surface area contributed by atoms with Crippen molar-refractivity contribution in [1.82, 2.24) is 9.97 Å². The number of benzene rings is 2. The Morgan fingerprint density at radius 2 is 1.03 bits per heavy atom. The van der Waals surface area contributed by atoms with Gasteiger partial charge in [-0.1, -0.05) is 63.7 Å². The number of hydrogen-bond donors (Lipinski definition) is 2. The van der Waals surface area contributed by atoms with Crippen molar-refractivity contribution in [3.63, 3.8) is 0 Å². The number of nitrogens with one attached hydrogen (secondary N) is 2. The molecule has 2 aromatic heterocycles. The maximum atomic E-state index is 12.8. The van der Waals surface area contributed by atoms with E-state index < -0.39 is 29.1 Å². The molecule has 156 valence electrons. The third kappa shape index (κ3) is 4.39. The Bertz CT molecular complexity index is 1420. The average Bonchev–Trinajstić information content (AvgIpc) is 2.66. The lowest BCUT2D eigenvalue weighted by molar-refractivity contribution is 0.0893. The van der Waals surface area contributed by atoms with Gasteiger partial charge in [0, 0.05) is 28.7 Å². The van der Waals surface area contributed by atoms with Crippen LogP contribution in [0.4, 0.5) is 0 Å². The number of H-pyrrole nitrogens is 2. The zero-order valence-corrected chi connectivity index (χ0v) is 21.7. The quantitative estimate of drug-likeness (QED) is 0.209. The molecule has 0 aliphatic heterocycles. The first kappa shape index (κ1) is 22.3. The maximum Gasteiger partial charge on any atom is 0.259 e. The number of aromatic amines is 2. The molecule has 4 aromatic rings. The molecule has 2 N–H and O–H groups in total. The van der Waals surface area contributed by atoms with Crippen LogP contribution in [0.25, 0.3) is 21.8 Å². The van der Waals surface area contributed by atoms with Crippen molar-refractivity contribution in [1.29, 1.82) is 0 Å². The van der Waals surface area contributed by atoms with Crippen molar-refractivity contribution < 1.29 is 9.59 Å². The molecule has 0 bridgehead atoms. The molecule has 10 heteroatoms. The monoisotopic (exact) mass is 670 g/mol. The molecule has 0 atom stereocenters. The largest absolute Gasteiger partial charge is 0.321 e. The molecule has 0 saturated carbocycles. The van der Waals surface area contributed by atoms with E-state index in [9.17, 15) is 19.2 Å². The molecule has 2 aromatic carbocycles. The molecule has 0 aliphatic carbocycles. The summed E-state index contributed by atoms with van der Waals surface area (Å²) in [5.41, 5.74) is -0.421. The maximum absolute atomic E-state index is 12.8. The SMILES string of the molecule is O=C(CC(=O)c1cc2c(Br)cc(Br)cc2[nH]c1=O)c1cc2c(Br)cc(Br)cc2[nH]c1=O. The van der Waals surface area contributed by atoms with E-state index in [1.807, 2.05) is 0 Å². The Morgan fingerprint density at radius 1 is 0.645 bits per heavy atom. The number of Topliss-reactive ketones (excluding diaryl/α,β-unsaturated/α-hetero) is 2. The second-order valence-electron chi connectivity index (χ2n) is 6.75. The predicted octanol–water partition coefficient (Wildman–Crippen LogP) is 5.88. The van der Waals surface area contributed by atoms with Crippen LogP contribution in [0.1, 0.15) is 27.1 Å². The molecule has 0 aliphatic rings. The van der Waals surface area contributed by atoms with Crippen LogP contribution >= 0.6 is 63.7 Å². The van der Waals surface area contributed by atoms with Crippen molar-refractivity contribution >= 4 is 97.1 Å². The number of rotatable bonds is 4. The van der Waals surface area contributed by atoms with Gasteiger partial charge in [-0.3, -0.25) is 19.2 Å². The van der Waals surface area contributed by atoms with Crippen LogP contribution in [0.2, 0.25) is 0 Å². The fourth-order valence-corrected chi connectivity index (χ4v) is 5.90. The average molecular weight is 674 g/mol. The Kier molecular flexibility index (Phi) is 6.17. The highest BCUT2D eigenvalue weighted by Crippen LogP contribution is 2.28. The first-order chi connectivity index (χ1) is 14.6. The Balaban J connectivity index is 1.72. The van der Waals surface area contributed by atoms with Crippen LogP contribution in [0.3, 0.4) is 0 Å². The molecule has 0 unspecified atom stereocenters. The van der Waals surface area contributed by atoms with Gasteiger partial charge in [-0.05, 0) is 36.4 Å². The minimum Gasteiger partial charge on any atom is -0.321 e. The summed E-state index contributed by atoms with van der Waals surface area (Å²) in [5, 5.41) is 1.24. The fraction of sp³-hybridized carbons (Fsp3) is 0.0476. The Labute approximate surface area is 208 Å². The number of aromatic nitrogens is 2. The lowest BCUT2D eigenvalue weighted by Gasteiger charge is -2.07. The van der Waals surface area contributed by atoms with E-state index in [2.05, 4.69) is 73.7 Å². The highest BCUT2D eigenvalue weighted by atomic mass is 79.9. The van der Waals surface area contributed by atoms with Gasteiger partial charge < -0.3 is 9.97 Å². The van der Waals surface area contributed by atoms with Gasteiger partial charge in [0.25, 0.3) is 11.1 Å². The van der Waals surface area contributed by atoms with E-state index in [1.54, 1.807) is 24.3 Å². The van der Waals surface area contributed by atoms with Crippen LogP contribution in [0, 0.1) is 0 Å². The van der Waals surface area contributed by atoms with E-state index in [4.69, 9.17) is 0 Å². The van der Waals surface area contributed by atoms with Gasteiger partial charge in [0.05, 0.1) is 28.6 Å². The predicted molar refractivity (Wildman–Crippen MR) is 133 cm³/mol. The van der Waals surface area contributed by atoms with Gasteiger partial charge in [0.1, 0.15) is 0 Å². The third-order valence-electron chi connectivity index (χ3n) is 4.67. The molecule has 31 heavy (non-hydrogen) atoms. The zero-order chi connectivity index (χ0) is 22.4. The second-order valence-corrected chi connectivity index (χ2v) is 10.3. The molecule has 0 amide bonds. The van der Waals surface area contributed by atoms with E-state index in [0.29, 0.717) is 30.8 Å². The number of hydrogen-bond acceptors (Lipinski definition) is 4. The van der Waals surface area contributed by atoms with Crippen LogP contribution in [0.5, 0.6) is 0 Å². The van der Waals surface area contributed by atoms with Gasteiger partial charge in [-0.25, -0.2) is 0 Å². The molecule has 0 saturated heterocycles. The minimum atomic E-state index is -0.669. The van der Waals surface area contributed by atoms with E-state index in [-0.39, 0.29) is 11.1 Å². The summed E-state index contributed by atoms with van der Waals surface area (Å²) in [6.07, 6.45) is -0.606. The summed E-state index contributed by atoms with van der Waals surface area (Å²) in [6.45, 7) is 0. The molecule has 4 rings (SSSR count). The van der Waals surface area contributed by atoms with Gasteiger partial charge in [-0.2, -0.15) is 0 Å². The summed E-state index contributed by atoms with van der Waals surface area (Å²) in [6, 6.07) is 9.88. The van der Waals surface area contributed by atoms with E-state index in [0.717, 1.165) is 8.95 Å². The van der Waals surface area contributed by atoms with Crippen molar-refractivity contribution in [3.05, 3.63) is 86.1 Å². The molecular weight excluding hydrogens is 664 g/mol. The highest BCUT2D eigenvalue weighted by Gasteiger charge is 2.21. The second kappa shape index (κ2) is 8.57. The fourth-order valence-electron chi connectivity index (χ4n) is 3.22. The summed E-state index contributed by atoms with van der Waals surface area (Å²) in [5.74, 6) is -1.34. The van der Waals surface area contributed by atoms with Gasteiger partial charge in [0.2, 0.25) is 0 Å². The summed E-state index contributed by atoms with van der Waals surface area (Å²) in [7, 11) is 0. The standard InChI is InChI=1S/C21H10Br4N2O4/c22-8-1-14(24)10-5-12(20(30)26-16(10)3-8)18(28)7-19(29)13-6-11-15(25)2-9(23)4-17(11)27-21(13)31/h1-6H,7H2,(H,26,30)(H,27,31). The summed E-state index contributed by atoms with van der Waals surface area (Å²) < 4.78 is 2.86. The topological polar surface area (TPSA) is 99.9 Å². The molecular formula is C21H10Br4N2O4. The van der Waals surface area contributed by atoms with Crippen LogP contribution in [0.15, 0.2) is 63.9 Å². The van der Waals surface area contributed by atoms with Gasteiger partial charge in [0.15, 0.2) is 11.6 Å². The number of carbonyl (C=O) groups excluding carboxylic acids is 2. The number of fused-ring (bicyclic) bond motifs is 2. The lowest BCUT2D eigenvalue weighted by atomic mass is 10.0. The van der Waals surface area contributed by atoms with Crippen molar-refractivity contribution in [3.8, 4) is 0 Å². The lowest BCUT2D eigenvalue weighted by Crippen LogP contribution is -2.23. The van der Waals surface area contributed by atoms with Crippen molar-refractivity contribution in [2.24, 2.45) is 0 Å². The summed E-state index contributed by atoms with van der Waals surface area (Å²) >= 11 is 13.5. The van der Waals surface area contributed by atoms with Crippen molar-refractivity contribution in [2.75, 3.05) is 0 Å². The van der Waals surface area contributed by atoms with Gasteiger partial charge in [-0.15, -0.1) is 0 Å². The summed E-state index contributed by atoms with van der Waals surface area (Å²) in [4.78, 5) is 55.7. The first-order valence-corrected chi connectivity index (χ1v) is 11.9. The highest BCUT2D eigenvalue weighted by molar-refractivity contribution is 9.11. The van der Waals surface area contributed by atoms with Crippen LogP contribution in [-0.2, 0) is 0 Å². The van der Waals surface area contributed by atoms with E-state index in [1.165, 1.54) is 12.1 Å². The Morgan fingerprint density at radius 3 is 1.42 bits per heavy atom. The number of ketones is 2. The normalized spacial score (nSPS) is 11.2. The third-order valence-corrected chi connectivity index (χ3v) is 6.90.